The molecule has 7 nitrogen and oxygen atoms in total. The zero-order valence-electron chi connectivity index (χ0n) is 16.5. The van der Waals surface area contributed by atoms with Gasteiger partial charge >= 0.3 is 0 Å². The Hall–Kier alpha value is -2.74. The van der Waals surface area contributed by atoms with Crippen molar-refractivity contribution < 1.29 is 13.9 Å². The van der Waals surface area contributed by atoms with E-state index >= 15 is 0 Å². The first-order valence-electron chi connectivity index (χ1n) is 9.36. The summed E-state index contributed by atoms with van der Waals surface area (Å²) < 4.78 is 20.2. The molecule has 2 N–H and O–H groups in total. The summed E-state index contributed by atoms with van der Waals surface area (Å²) in [6, 6.07) is 5.24. The first kappa shape index (κ1) is 18.6. The van der Waals surface area contributed by atoms with Crippen molar-refractivity contribution in [2.24, 2.45) is 0 Å². The van der Waals surface area contributed by atoms with Crippen molar-refractivity contribution in [1.29, 1.82) is 0 Å². The van der Waals surface area contributed by atoms with Crippen LogP contribution in [0.1, 0.15) is 33.1 Å². The fourth-order valence-electron chi connectivity index (χ4n) is 3.70. The number of hydrogen-bond acceptors (Lipinski definition) is 7. The summed E-state index contributed by atoms with van der Waals surface area (Å²) in [5.74, 6) is 0.141. The van der Waals surface area contributed by atoms with E-state index in [0.29, 0.717) is 11.9 Å². The molecule has 1 atom stereocenters. The van der Waals surface area contributed by atoms with E-state index in [0.717, 1.165) is 25.3 Å². The molecule has 1 aliphatic rings. The number of benzene rings is 1. The minimum absolute atomic E-state index is 0.00631. The SMILES string of the molecule is Cc1nc2cc(O)c(-c3ccc(N4CCC(NC(C)(C)C)C4)nn3)c(F)c2o1. The Labute approximate surface area is 162 Å². The monoisotopic (exact) mass is 385 g/mol. The van der Waals surface area contributed by atoms with Gasteiger partial charge in [-0.05, 0) is 39.3 Å². The summed E-state index contributed by atoms with van der Waals surface area (Å²) in [6.07, 6.45) is 1.03. The van der Waals surface area contributed by atoms with Crippen molar-refractivity contribution in [2.45, 2.75) is 45.7 Å². The number of aromatic hydroxyl groups is 1. The molecule has 3 aromatic rings. The van der Waals surface area contributed by atoms with Gasteiger partial charge in [0, 0.05) is 37.7 Å². The average Bonchev–Trinajstić information content (AvgIpc) is 3.20. The molecule has 1 aromatic carbocycles. The Kier molecular flexibility index (Phi) is 4.45. The minimum atomic E-state index is -0.687. The second-order valence-corrected chi connectivity index (χ2v) is 8.27. The molecule has 3 heterocycles. The molecule has 1 unspecified atom stereocenters. The number of aryl methyl sites for hydroxylation is 1. The second kappa shape index (κ2) is 6.70. The van der Waals surface area contributed by atoms with Crippen LogP contribution in [0.25, 0.3) is 22.4 Å². The summed E-state index contributed by atoms with van der Waals surface area (Å²) in [5.41, 5.74) is 0.556. The summed E-state index contributed by atoms with van der Waals surface area (Å²) in [5, 5.41) is 22.3. The number of aromatic nitrogens is 3. The molecule has 0 spiro atoms. The van der Waals surface area contributed by atoms with Gasteiger partial charge in [0.1, 0.15) is 11.3 Å². The number of nitrogens with zero attached hydrogens (tertiary/aromatic N) is 4. The van der Waals surface area contributed by atoms with Gasteiger partial charge in [-0.2, -0.15) is 0 Å². The van der Waals surface area contributed by atoms with Gasteiger partial charge in [-0.15, -0.1) is 10.2 Å². The minimum Gasteiger partial charge on any atom is -0.507 e. The Morgan fingerprint density at radius 1 is 1.29 bits per heavy atom. The van der Waals surface area contributed by atoms with E-state index in [1.807, 2.05) is 0 Å². The van der Waals surface area contributed by atoms with Gasteiger partial charge in [-0.3, -0.25) is 0 Å². The van der Waals surface area contributed by atoms with E-state index in [4.69, 9.17) is 4.42 Å². The van der Waals surface area contributed by atoms with Gasteiger partial charge in [0.2, 0.25) is 0 Å². The lowest BCUT2D eigenvalue weighted by Crippen LogP contribution is -2.45. The first-order valence-corrected chi connectivity index (χ1v) is 9.36. The van der Waals surface area contributed by atoms with E-state index in [-0.39, 0.29) is 33.6 Å². The molecule has 8 heteroatoms. The Morgan fingerprint density at radius 2 is 2.07 bits per heavy atom. The lowest BCUT2D eigenvalue weighted by atomic mass is 10.1. The van der Waals surface area contributed by atoms with Crippen LogP contribution in [-0.4, -0.2) is 45.0 Å². The first-order chi connectivity index (χ1) is 13.2. The van der Waals surface area contributed by atoms with Crippen molar-refractivity contribution in [3.63, 3.8) is 0 Å². The normalized spacial score (nSPS) is 17.6. The zero-order chi connectivity index (χ0) is 20.1. The quantitative estimate of drug-likeness (QED) is 0.714. The summed E-state index contributed by atoms with van der Waals surface area (Å²) in [7, 11) is 0. The number of halogens is 1. The largest absolute Gasteiger partial charge is 0.507 e. The molecule has 0 amide bonds. The molecule has 0 aliphatic carbocycles. The van der Waals surface area contributed by atoms with Crippen LogP contribution in [-0.2, 0) is 0 Å². The summed E-state index contributed by atoms with van der Waals surface area (Å²) >= 11 is 0. The average molecular weight is 385 g/mol. The van der Waals surface area contributed by atoms with E-state index in [9.17, 15) is 9.50 Å². The third kappa shape index (κ3) is 3.52. The molecular formula is C20H24FN5O2. The predicted molar refractivity (Wildman–Crippen MR) is 105 cm³/mol. The highest BCUT2D eigenvalue weighted by Gasteiger charge is 2.27. The van der Waals surface area contributed by atoms with Crippen LogP contribution >= 0.6 is 0 Å². The van der Waals surface area contributed by atoms with Crippen molar-refractivity contribution in [1.82, 2.24) is 20.5 Å². The third-order valence-corrected chi connectivity index (χ3v) is 4.76. The van der Waals surface area contributed by atoms with Crippen LogP contribution in [0.2, 0.25) is 0 Å². The second-order valence-electron chi connectivity index (χ2n) is 8.27. The number of fused-ring (bicyclic) bond motifs is 1. The Morgan fingerprint density at radius 3 is 2.75 bits per heavy atom. The fourth-order valence-corrected chi connectivity index (χ4v) is 3.70. The van der Waals surface area contributed by atoms with Gasteiger partial charge in [0.05, 0.1) is 11.3 Å². The van der Waals surface area contributed by atoms with Gasteiger partial charge in [0.15, 0.2) is 23.1 Å². The highest BCUT2D eigenvalue weighted by Crippen LogP contribution is 2.36. The molecule has 0 radical (unpaired) electrons. The molecule has 1 saturated heterocycles. The molecule has 1 fully saturated rings. The van der Waals surface area contributed by atoms with Gasteiger partial charge < -0.3 is 19.7 Å². The number of phenolic OH excluding ortho intramolecular Hbond substituents is 1. The van der Waals surface area contributed by atoms with Crippen molar-refractivity contribution in [2.75, 3.05) is 18.0 Å². The van der Waals surface area contributed by atoms with Crippen LogP contribution in [0.15, 0.2) is 22.6 Å². The van der Waals surface area contributed by atoms with Crippen LogP contribution in [0.5, 0.6) is 5.75 Å². The van der Waals surface area contributed by atoms with E-state index in [1.165, 1.54) is 6.07 Å². The van der Waals surface area contributed by atoms with Crippen molar-refractivity contribution >= 4 is 16.9 Å². The number of oxazole rings is 1. The predicted octanol–water partition coefficient (Wildman–Crippen LogP) is 3.40. The zero-order valence-corrected chi connectivity index (χ0v) is 16.5. The molecule has 0 saturated carbocycles. The summed E-state index contributed by atoms with van der Waals surface area (Å²) in [6.45, 7) is 9.80. The lowest BCUT2D eigenvalue weighted by Gasteiger charge is -2.26. The lowest BCUT2D eigenvalue weighted by molar-refractivity contribution is 0.373. The number of nitrogens with one attached hydrogen (secondary N) is 1. The van der Waals surface area contributed by atoms with Crippen LogP contribution < -0.4 is 10.2 Å². The van der Waals surface area contributed by atoms with Crippen LogP contribution in [0.3, 0.4) is 0 Å². The van der Waals surface area contributed by atoms with Gasteiger partial charge in [0.25, 0.3) is 0 Å². The maximum Gasteiger partial charge on any atom is 0.192 e. The smallest absolute Gasteiger partial charge is 0.192 e. The van der Waals surface area contributed by atoms with Gasteiger partial charge in [-0.25, -0.2) is 9.37 Å². The molecule has 1 aliphatic heterocycles. The standard InChI is InChI=1S/C20H24FN5O2/c1-11-22-14-9-15(27)17(18(21)19(14)28-11)13-5-6-16(25-24-13)26-8-7-12(10-26)23-20(2,3)4/h5-6,9,12,23,27H,7-8,10H2,1-4H3. The Balaban J connectivity index is 1.58. The maximum absolute atomic E-state index is 14.9. The molecular weight excluding hydrogens is 361 g/mol. The Bertz CT molecular complexity index is 1010. The fraction of sp³-hybridized carbons (Fsp3) is 0.450. The molecule has 2 aromatic heterocycles. The molecule has 0 bridgehead atoms. The number of phenols is 1. The molecule has 28 heavy (non-hydrogen) atoms. The number of rotatable bonds is 3. The van der Waals surface area contributed by atoms with Crippen molar-refractivity contribution in [3.05, 3.63) is 29.9 Å². The van der Waals surface area contributed by atoms with E-state index in [2.05, 4.69) is 46.2 Å². The van der Waals surface area contributed by atoms with Crippen molar-refractivity contribution in [3.8, 4) is 17.0 Å². The van der Waals surface area contributed by atoms with Crippen LogP contribution in [0.4, 0.5) is 10.2 Å². The maximum atomic E-state index is 14.9. The number of hydrogen-bond donors (Lipinski definition) is 2. The highest BCUT2D eigenvalue weighted by atomic mass is 19.1. The highest BCUT2D eigenvalue weighted by molar-refractivity contribution is 5.84. The number of anilines is 1. The molecule has 148 valence electrons. The van der Waals surface area contributed by atoms with Gasteiger partial charge in [-0.1, -0.05) is 0 Å². The molecule has 4 rings (SSSR count). The van der Waals surface area contributed by atoms with E-state index in [1.54, 1.807) is 19.1 Å². The topological polar surface area (TPSA) is 87.3 Å². The third-order valence-electron chi connectivity index (χ3n) is 4.76. The van der Waals surface area contributed by atoms with E-state index < -0.39 is 5.82 Å². The van der Waals surface area contributed by atoms with Crippen LogP contribution in [0, 0.1) is 12.7 Å². The summed E-state index contributed by atoms with van der Waals surface area (Å²) in [4.78, 5) is 6.21.